The number of primary amides is 1. The SMILES string of the molecule is Cc1ccc(Oc2ccc(-c3n[nH]c(N)c3C(N)=O)cc2)cc1C. The van der Waals surface area contributed by atoms with E-state index in [4.69, 9.17) is 16.2 Å². The van der Waals surface area contributed by atoms with Crippen LogP contribution in [0.2, 0.25) is 0 Å². The van der Waals surface area contributed by atoms with Crippen LogP contribution in [0.25, 0.3) is 11.3 Å². The smallest absolute Gasteiger partial charge is 0.254 e. The highest BCUT2D eigenvalue weighted by Gasteiger charge is 2.17. The van der Waals surface area contributed by atoms with Crippen LogP contribution in [0, 0.1) is 13.8 Å². The quantitative estimate of drug-likeness (QED) is 0.685. The average Bonchev–Trinajstić information content (AvgIpc) is 2.93. The molecule has 0 spiro atoms. The number of hydrogen-bond donors (Lipinski definition) is 3. The fraction of sp³-hybridized carbons (Fsp3) is 0.111. The number of aromatic nitrogens is 2. The monoisotopic (exact) mass is 322 g/mol. The van der Waals surface area contributed by atoms with Crippen LogP contribution >= 0.6 is 0 Å². The number of nitrogens with zero attached hydrogens (tertiary/aromatic N) is 1. The Bertz CT molecular complexity index is 898. The van der Waals surface area contributed by atoms with Crippen molar-refractivity contribution >= 4 is 11.7 Å². The van der Waals surface area contributed by atoms with Gasteiger partial charge in [-0.2, -0.15) is 5.10 Å². The highest BCUT2D eigenvalue weighted by Crippen LogP contribution is 2.29. The van der Waals surface area contributed by atoms with Crippen LogP contribution in [0.3, 0.4) is 0 Å². The summed E-state index contributed by atoms with van der Waals surface area (Å²) in [5.74, 6) is 0.999. The lowest BCUT2D eigenvalue weighted by atomic mass is 10.1. The standard InChI is InChI=1S/C18H18N4O2/c1-10-3-6-14(9-11(10)2)24-13-7-4-12(5-8-13)16-15(18(20)23)17(19)22-21-16/h3-9H,1-2H3,(H2,20,23)(H3,19,21,22). The molecule has 1 heterocycles. The first-order valence-corrected chi connectivity index (χ1v) is 7.45. The van der Waals surface area contributed by atoms with Crippen molar-refractivity contribution in [3.8, 4) is 22.8 Å². The van der Waals surface area contributed by atoms with Crippen molar-refractivity contribution < 1.29 is 9.53 Å². The number of nitrogen functional groups attached to an aromatic ring is 1. The second-order valence-electron chi connectivity index (χ2n) is 5.60. The van der Waals surface area contributed by atoms with E-state index in [1.165, 1.54) is 11.1 Å². The molecule has 2 aromatic carbocycles. The van der Waals surface area contributed by atoms with E-state index in [1.807, 2.05) is 25.1 Å². The minimum atomic E-state index is -0.619. The van der Waals surface area contributed by atoms with Gasteiger partial charge in [-0.15, -0.1) is 0 Å². The van der Waals surface area contributed by atoms with Crippen molar-refractivity contribution in [3.05, 3.63) is 59.2 Å². The third kappa shape index (κ3) is 2.94. The second-order valence-corrected chi connectivity index (χ2v) is 5.60. The van der Waals surface area contributed by atoms with Gasteiger partial charge in [-0.25, -0.2) is 0 Å². The Balaban J connectivity index is 1.86. The fourth-order valence-corrected chi connectivity index (χ4v) is 2.41. The van der Waals surface area contributed by atoms with Crippen molar-refractivity contribution in [2.24, 2.45) is 5.73 Å². The lowest BCUT2D eigenvalue weighted by molar-refractivity contribution is 0.100. The number of amides is 1. The maximum Gasteiger partial charge on any atom is 0.254 e. The summed E-state index contributed by atoms with van der Waals surface area (Å²) < 4.78 is 5.84. The Labute approximate surface area is 139 Å². The molecule has 0 atom stereocenters. The molecule has 6 heteroatoms. The molecule has 0 aliphatic rings. The number of aryl methyl sites for hydroxylation is 2. The molecule has 24 heavy (non-hydrogen) atoms. The van der Waals surface area contributed by atoms with Crippen LogP contribution in [-0.2, 0) is 0 Å². The third-order valence-electron chi connectivity index (χ3n) is 3.88. The van der Waals surface area contributed by atoms with Crippen LogP contribution in [0.1, 0.15) is 21.5 Å². The largest absolute Gasteiger partial charge is 0.457 e. The summed E-state index contributed by atoms with van der Waals surface area (Å²) in [4.78, 5) is 11.5. The molecule has 1 amide bonds. The summed E-state index contributed by atoms with van der Waals surface area (Å²) in [5.41, 5.74) is 14.8. The molecule has 0 saturated heterocycles. The van der Waals surface area contributed by atoms with Gasteiger partial charge in [0.25, 0.3) is 5.91 Å². The predicted molar refractivity (Wildman–Crippen MR) is 92.9 cm³/mol. The molecule has 122 valence electrons. The van der Waals surface area contributed by atoms with Gasteiger partial charge in [-0.05, 0) is 61.4 Å². The highest BCUT2D eigenvalue weighted by molar-refractivity contribution is 6.03. The molecule has 5 N–H and O–H groups in total. The summed E-state index contributed by atoms with van der Waals surface area (Å²) >= 11 is 0. The van der Waals surface area contributed by atoms with E-state index >= 15 is 0 Å². The van der Waals surface area contributed by atoms with E-state index in [1.54, 1.807) is 24.3 Å². The minimum absolute atomic E-state index is 0.160. The van der Waals surface area contributed by atoms with Gasteiger partial charge in [0.05, 0.1) is 0 Å². The number of ether oxygens (including phenoxy) is 1. The van der Waals surface area contributed by atoms with Gasteiger partial charge in [-0.1, -0.05) is 6.07 Å². The van der Waals surface area contributed by atoms with Crippen molar-refractivity contribution in [2.45, 2.75) is 13.8 Å². The van der Waals surface area contributed by atoms with E-state index in [2.05, 4.69) is 17.1 Å². The molecule has 0 saturated carbocycles. The van der Waals surface area contributed by atoms with Gasteiger partial charge in [-0.3, -0.25) is 9.89 Å². The van der Waals surface area contributed by atoms with E-state index in [0.717, 1.165) is 11.3 Å². The number of hydrogen-bond acceptors (Lipinski definition) is 4. The number of nitrogens with one attached hydrogen (secondary N) is 1. The number of carbonyl (C=O) groups is 1. The molecule has 0 unspecified atom stereocenters. The first kappa shape index (κ1) is 15.6. The molecule has 0 radical (unpaired) electrons. The fourth-order valence-electron chi connectivity index (χ4n) is 2.41. The van der Waals surface area contributed by atoms with Crippen molar-refractivity contribution in [1.82, 2.24) is 10.2 Å². The lowest BCUT2D eigenvalue weighted by Crippen LogP contribution is -2.13. The Hall–Kier alpha value is -3.28. The molecule has 0 aliphatic carbocycles. The average molecular weight is 322 g/mol. The number of aromatic amines is 1. The van der Waals surface area contributed by atoms with E-state index in [9.17, 15) is 4.79 Å². The summed E-state index contributed by atoms with van der Waals surface area (Å²) in [6.45, 7) is 4.10. The van der Waals surface area contributed by atoms with Gasteiger partial charge in [0.15, 0.2) is 0 Å². The van der Waals surface area contributed by atoms with Crippen molar-refractivity contribution in [2.75, 3.05) is 5.73 Å². The first-order valence-electron chi connectivity index (χ1n) is 7.45. The molecule has 6 nitrogen and oxygen atoms in total. The summed E-state index contributed by atoms with van der Waals surface area (Å²) in [5, 5.41) is 6.63. The molecule has 0 fully saturated rings. The maximum absolute atomic E-state index is 11.5. The number of H-pyrrole nitrogens is 1. The number of anilines is 1. The van der Waals surface area contributed by atoms with Crippen LogP contribution < -0.4 is 16.2 Å². The van der Waals surface area contributed by atoms with Crippen LogP contribution in [0.15, 0.2) is 42.5 Å². The summed E-state index contributed by atoms with van der Waals surface area (Å²) in [6.07, 6.45) is 0. The second kappa shape index (κ2) is 6.08. The molecular weight excluding hydrogens is 304 g/mol. The molecule has 1 aromatic heterocycles. The van der Waals surface area contributed by atoms with Crippen LogP contribution in [-0.4, -0.2) is 16.1 Å². The van der Waals surface area contributed by atoms with E-state index in [-0.39, 0.29) is 11.4 Å². The molecule has 0 bridgehead atoms. The molecular formula is C18H18N4O2. The zero-order valence-corrected chi connectivity index (χ0v) is 13.5. The zero-order chi connectivity index (χ0) is 17.3. The summed E-state index contributed by atoms with van der Waals surface area (Å²) in [6, 6.07) is 13.2. The number of nitrogens with two attached hydrogens (primary N) is 2. The Morgan fingerprint density at radius 3 is 2.33 bits per heavy atom. The predicted octanol–water partition coefficient (Wildman–Crippen LogP) is 3.17. The van der Waals surface area contributed by atoms with Gasteiger partial charge >= 0.3 is 0 Å². The Kier molecular flexibility index (Phi) is 3.95. The van der Waals surface area contributed by atoms with Gasteiger partial charge in [0, 0.05) is 5.56 Å². The van der Waals surface area contributed by atoms with Gasteiger partial charge < -0.3 is 16.2 Å². The Morgan fingerprint density at radius 2 is 1.71 bits per heavy atom. The van der Waals surface area contributed by atoms with E-state index < -0.39 is 5.91 Å². The molecule has 0 aliphatic heterocycles. The maximum atomic E-state index is 11.5. The van der Waals surface area contributed by atoms with Crippen LogP contribution in [0.5, 0.6) is 11.5 Å². The summed E-state index contributed by atoms with van der Waals surface area (Å²) in [7, 11) is 0. The zero-order valence-electron chi connectivity index (χ0n) is 13.5. The lowest BCUT2D eigenvalue weighted by Gasteiger charge is -2.08. The van der Waals surface area contributed by atoms with Crippen LogP contribution in [0.4, 0.5) is 5.82 Å². The van der Waals surface area contributed by atoms with Gasteiger partial charge in [0.2, 0.25) is 0 Å². The molecule has 3 rings (SSSR count). The highest BCUT2D eigenvalue weighted by atomic mass is 16.5. The third-order valence-corrected chi connectivity index (χ3v) is 3.88. The minimum Gasteiger partial charge on any atom is -0.457 e. The number of benzene rings is 2. The molecule has 3 aromatic rings. The topological polar surface area (TPSA) is 107 Å². The number of carbonyl (C=O) groups excluding carboxylic acids is 1. The normalized spacial score (nSPS) is 10.6. The van der Waals surface area contributed by atoms with Gasteiger partial charge in [0.1, 0.15) is 28.6 Å². The van der Waals surface area contributed by atoms with Crippen molar-refractivity contribution in [3.63, 3.8) is 0 Å². The first-order chi connectivity index (χ1) is 11.5. The number of rotatable bonds is 4. The Morgan fingerprint density at radius 1 is 1.04 bits per heavy atom. The van der Waals surface area contributed by atoms with E-state index in [0.29, 0.717) is 11.4 Å². The van der Waals surface area contributed by atoms with Crippen molar-refractivity contribution in [1.29, 1.82) is 0 Å².